The first kappa shape index (κ1) is 14.2. The minimum atomic E-state index is -0.906. The number of nitrogens with zero attached hydrogens (tertiary/aromatic N) is 1. The molecule has 1 aromatic rings. The van der Waals surface area contributed by atoms with Gasteiger partial charge in [-0.25, -0.2) is 14.6 Å². The molecule has 0 aliphatic heterocycles. The lowest BCUT2D eigenvalue weighted by molar-refractivity contribution is 0.0939. The molecule has 1 aromatic heterocycles. The number of hydrogen-bond donors (Lipinski definition) is 0. The van der Waals surface area contributed by atoms with E-state index in [4.69, 9.17) is 9.47 Å². The van der Waals surface area contributed by atoms with Crippen LogP contribution in [0, 0.1) is 6.92 Å². The van der Waals surface area contributed by atoms with Crippen molar-refractivity contribution in [1.82, 2.24) is 4.98 Å². The van der Waals surface area contributed by atoms with E-state index >= 15 is 0 Å². The van der Waals surface area contributed by atoms with Gasteiger partial charge in [0.2, 0.25) is 0 Å². The first-order valence-electron chi connectivity index (χ1n) is 5.23. The molecule has 0 atom stereocenters. The van der Waals surface area contributed by atoms with E-state index < -0.39 is 12.3 Å². The number of aromatic nitrogens is 1. The van der Waals surface area contributed by atoms with Gasteiger partial charge in [-0.2, -0.15) is 0 Å². The number of thiazole rings is 1. The van der Waals surface area contributed by atoms with Crippen molar-refractivity contribution in [2.75, 3.05) is 13.2 Å². The maximum Gasteiger partial charge on any atom is 0.515 e. The molecule has 18 heavy (non-hydrogen) atoms. The summed E-state index contributed by atoms with van der Waals surface area (Å²) >= 11 is 1.06. The highest BCUT2D eigenvalue weighted by molar-refractivity contribution is 7.13. The van der Waals surface area contributed by atoms with Crippen LogP contribution in [0.2, 0.25) is 0 Å². The normalized spacial score (nSPS) is 9.72. The quantitative estimate of drug-likeness (QED) is 0.780. The number of ether oxygens (including phenoxy) is 4. The van der Waals surface area contributed by atoms with Gasteiger partial charge >= 0.3 is 12.3 Å². The molecule has 0 unspecified atom stereocenters. The predicted molar refractivity (Wildman–Crippen MR) is 62.2 cm³/mol. The van der Waals surface area contributed by atoms with Crippen LogP contribution in [-0.2, 0) is 9.47 Å². The van der Waals surface area contributed by atoms with Crippen LogP contribution in [0.3, 0.4) is 0 Å². The molecule has 0 saturated heterocycles. The van der Waals surface area contributed by atoms with Gasteiger partial charge in [0.1, 0.15) is 0 Å². The molecule has 0 radical (unpaired) electrons. The summed E-state index contributed by atoms with van der Waals surface area (Å²) in [5.41, 5.74) is 0. The molecule has 1 heterocycles. The minimum Gasteiger partial charge on any atom is -0.434 e. The maximum atomic E-state index is 11.1. The van der Waals surface area contributed by atoms with Crippen molar-refractivity contribution in [2.45, 2.75) is 20.8 Å². The first-order valence-corrected chi connectivity index (χ1v) is 6.05. The summed E-state index contributed by atoms with van der Waals surface area (Å²) in [6.07, 6.45) is -1.79. The standard InChI is InChI=1S/C10H13NO6S/c1-4-14-9(12)16-7-8(18-6(3)11-7)17-10(13)15-5-2/h4-5H2,1-3H3. The second-order valence-electron chi connectivity index (χ2n) is 2.90. The molecule has 0 saturated carbocycles. The topological polar surface area (TPSA) is 84.0 Å². The Morgan fingerprint density at radius 2 is 1.67 bits per heavy atom. The van der Waals surface area contributed by atoms with Gasteiger partial charge in [0, 0.05) is 0 Å². The van der Waals surface area contributed by atoms with E-state index in [0.717, 1.165) is 11.3 Å². The van der Waals surface area contributed by atoms with Crippen LogP contribution in [-0.4, -0.2) is 30.5 Å². The molecule has 0 aromatic carbocycles. The zero-order chi connectivity index (χ0) is 13.5. The third-order valence-electron chi connectivity index (χ3n) is 1.55. The lowest BCUT2D eigenvalue weighted by atomic mass is 10.7. The first-order chi connectivity index (χ1) is 8.56. The Morgan fingerprint density at radius 3 is 2.22 bits per heavy atom. The Bertz CT molecular complexity index is 393. The minimum absolute atomic E-state index is 0.0546. The second kappa shape index (κ2) is 6.80. The van der Waals surface area contributed by atoms with Crippen molar-refractivity contribution in [3.63, 3.8) is 0 Å². The number of rotatable bonds is 4. The van der Waals surface area contributed by atoms with Crippen LogP contribution in [0.15, 0.2) is 0 Å². The van der Waals surface area contributed by atoms with E-state index in [1.165, 1.54) is 0 Å². The van der Waals surface area contributed by atoms with Gasteiger partial charge < -0.3 is 18.9 Å². The number of carbonyl (C=O) groups is 2. The van der Waals surface area contributed by atoms with Crippen molar-refractivity contribution >= 4 is 23.6 Å². The SMILES string of the molecule is CCOC(=O)Oc1nc(C)sc1OC(=O)OCC. The average Bonchev–Trinajstić information content (AvgIpc) is 2.59. The molecule has 1 rings (SSSR count). The zero-order valence-electron chi connectivity index (χ0n) is 10.2. The predicted octanol–water partition coefficient (Wildman–Crippen LogP) is 2.52. The second-order valence-corrected chi connectivity index (χ2v) is 4.06. The van der Waals surface area contributed by atoms with Gasteiger partial charge in [0.15, 0.2) is 0 Å². The summed E-state index contributed by atoms with van der Waals surface area (Å²) in [7, 11) is 0. The van der Waals surface area contributed by atoms with E-state index in [0.29, 0.717) is 5.01 Å². The lowest BCUT2D eigenvalue weighted by Gasteiger charge is -2.04. The molecule has 0 N–H and O–H groups in total. The number of aryl methyl sites for hydroxylation is 1. The Labute approximate surface area is 108 Å². The summed E-state index contributed by atoms with van der Waals surface area (Å²) in [6.45, 7) is 5.33. The molecule has 0 amide bonds. The highest BCUT2D eigenvalue weighted by atomic mass is 32.1. The summed E-state index contributed by atoms with van der Waals surface area (Å²) in [5.74, 6) is -0.107. The Morgan fingerprint density at radius 1 is 1.11 bits per heavy atom. The molecular weight excluding hydrogens is 262 g/mol. The van der Waals surface area contributed by atoms with Crippen molar-refractivity contribution < 1.29 is 28.5 Å². The largest absolute Gasteiger partial charge is 0.515 e. The molecule has 8 heteroatoms. The van der Waals surface area contributed by atoms with E-state index in [-0.39, 0.29) is 24.2 Å². The fraction of sp³-hybridized carbons (Fsp3) is 0.500. The zero-order valence-corrected chi connectivity index (χ0v) is 11.0. The number of carbonyl (C=O) groups excluding carboxylic acids is 2. The summed E-state index contributed by atoms with van der Waals surface area (Å²) in [4.78, 5) is 26.2. The fourth-order valence-electron chi connectivity index (χ4n) is 0.968. The molecule has 0 aliphatic rings. The Hall–Kier alpha value is -1.83. The third kappa shape index (κ3) is 4.21. The van der Waals surface area contributed by atoms with Crippen LogP contribution in [0.1, 0.15) is 18.9 Å². The Balaban J connectivity index is 2.73. The van der Waals surface area contributed by atoms with Gasteiger partial charge in [-0.3, -0.25) is 0 Å². The highest BCUT2D eigenvalue weighted by Gasteiger charge is 2.19. The fourth-order valence-corrected chi connectivity index (χ4v) is 1.65. The van der Waals surface area contributed by atoms with Gasteiger partial charge in [0.05, 0.1) is 18.2 Å². The van der Waals surface area contributed by atoms with Crippen LogP contribution >= 0.6 is 11.3 Å². The highest BCUT2D eigenvalue weighted by Crippen LogP contribution is 2.34. The summed E-state index contributed by atoms with van der Waals surface area (Å²) in [6, 6.07) is 0. The summed E-state index contributed by atoms with van der Waals surface area (Å²) in [5, 5.41) is 0.632. The van der Waals surface area contributed by atoms with E-state index in [1.54, 1.807) is 20.8 Å². The summed E-state index contributed by atoms with van der Waals surface area (Å²) < 4.78 is 18.8. The Kier molecular flexibility index (Phi) is 5.37. The van der Waals surface area contributed by atoms with Crippen molar-refractivity contribution in [2.24, 2.45) is 0 Å². The van der Waals surface area contributed by atoms with E-state index in [2.05, 4.69) is 14.5 Å². The number of hydrogen-bond acceptors (Lipinski definition) is 8. The molecule has 7 nitrogen and oxygen atoms in total. The lowest BCUT2D eigenvalue weighted by Crippen LogP contribution is -2.13. The molecule has 0 aliphatic carbocycles. The van der Waals surface area contributed by atoms with Gasteiger partial charge in [0.25, 0.3) is 10.9 Å². The van der Waals surface area contributed by atoms with Crippen molar-refractivity contribution in [3.05, 3.63) is 5.01 Å². The van der Waals surface area contributed by atoms with Crippen LogP contribution < -0.4 is 9.47 Å². The average molecular weight is 275 g/mol. The molecule has 0 bridgehead atoms. The molecule has 0 spiro atoms. The smallest absolute Gasteiger partial charge is 0.434 e. The van der Waals surface area contributed by atoms with Gasteiger partial charge in [-0.05, 0) is 20.8 Å². The molecule has 100 valence electrons. The maximum absolute atomic E-state index is 11.1. The van der Waals surface area contributed by atoms with Crippen molar-refractivity contribution in [1.29, 1.82) is 0 Å². The van der Waals surface area contributed by atoms with Crippen LogP contribution in [0.4, 0.5) is 9.59 Å². The van der Waals surface area contributed by atoms with E-state index in [9.17, 15) is 9.59 Å². The monoisotopic (exact) mass is 275 g/mol. The van der Waals surface area contributed by atoms with Crippen LogP contribution in [0.5, 0.6) is 10.9 Å². The van der Waals surface area contributed by atoms with E-state index in [1.807, 2.05) is 0 Å². The van der Waals surface area contributed by atoms with Gasteiger partial charge in [-0.15, -0.1) is 0 Å². The van der Waals surface area contributed by atoms with Crippen molar-refractivity contribution in [3.8, 4) is 10.9 Å². The van der Waals surface area contributed by atoms with Gasteiger partial charge in [-0.1, -0.05) is 11.3 Å². The molecule has 0 fully saturated rings. The molecular formula is C10H13NO6S. The van der Waals surface area contributed by atoms with Crippen LogP contribution in [0.25, 0.3) is 0 Å². The third-order valence-corrected chi connectivity index (χ3v) is 2.38.